The summed E-state index contributed by atoms with van der Waals surface area (Å²) in [6.07, 6.45) is 4.04. The van der Waals surface area contributed by atoms with Gasteiger partial charge in [-0.25, -0.2) is 0 Å². The molecular weight excluding hydrogens is 196 g/mol. The number of hydrogen-bond acceptors (Lipinski definition) is 3. The van der Waals surface area contributed by atoms with E-state index in [1.54, 1.807) is 0 Å². The van der Waals surface area contributed by atoms with Crippen molar-refractivity contribution in [2.45, 2.75) is 38.1 Å². The van der Waals surface area contributed by atoms with Crippen LogP contribution >= 0.6 is 0 Å². The Labute approximate surface area is 89.0 Å². The van der Waals surface area contributed by atoms with Gasteiger partial charge in [0.1, 0.15) is 6.04 Å². The number of carboxylic acids is 1. The quantitative estimate of drug-likeness (QED) is 0.621. The van der Waals surface area contributed by atoms with Crippen molar-refractivity contribution in [2.75, 3.05) is 6.54 Å². The van der Waals surface area contributed by atoms with Crippen LogP contribution in [0.25, 0.3) is 0 Å². The van der Waals surface area contributed by atoms with E-state index in [0.29, 0.717) is 6.54 Å². The minimum Gasteiger partial charge on any atom is -0.480 e. The summed E-state index contributed by atoms with van der Waals surface area (Å²) in [7, 11) is 0. The maximum Gasteiger partial charge on any atom is 0.320 e. The molecule has 5 nitrogen and oxygen atoms in total. The molecule has 4 N–H and O–H groups in total. The fourth-order valence-electron chi connectivity index (χ4n) is 1.81. The van der Waals surface area contributed by atoms with Gasteiger partial charge in [0, 0.05) is 12.5 Å². The second kappa shape index (κ2) is 5.70. The van der Waals surface area contributed by atoms with Gasteiger partial charge in [-0.3, -0.25) is 9.59 Å². The Morgan fingerprint density at radius 1 is 1.53 bits per heavy atom. The third-order valence-electron chi connectivity index (χ3n) is 2.76. The van der Waals surface area contributed by atoms with Gasteiger partial charge in [0.25, 0.3) is 0 Å². The summed E-state index contributed by atoms with van der Waals surface area (Å²) in [6, 6.07) is -0.930. The molecule has 5 heteroatoms. The van der Waals surface area contributed by atoms with E-state index in [-0.39, 0.29) is 18.2 Å². The zero-order valence-electron chi connectivity index (χ0n) is 8.74. The third-order valence-corrected chi connectivity index (χ3v) is 2.76. The second-order valence-corrected chi connectivity index (χ2v) is 4.02. The summed E-state index contributed by atoms with van der Waals surface area (Å²) >= 11 is 0. The van der Waals surface area contributed by atoms with Gasteiger partial charge in [0.2, 0.25) is 5.91 Å². The maximum atomic E-state index is 11.6. The molecule has 15 heavy (non-hydrogen) atoms. The lowest BCUT2D eigenvalue weighted by Crippen LogP contribution is -2.39. The summed E-state index contributed by atoms with van der Waals surface area (Å²) in [4.78, 5) is 22.1. The number of nitrogens with two attached hydrogens (primary N) is 1. The first-order valence-corrected chi connectivity index (χ1v) is 5.37. The van der Waals surface area contributed by atoms with Gasteiger partial charge in [0.05, 0.1) is 0 Å². The number of nitrogens with one attached hydrogen (secondary N) is 1. The average molecular weight is 214 g/mol. The fourth-order valence-corrected chi connectivity index (χ4v) is 1.81. The first-order valence-electron chi connectivity index (χ1n) is 5.37. The van der Waals surface area contributed by atoms with Crippen molar-refractivity contribution in [3.05, 3.63) is 0 Å². The Morgan fingerprint density at radius 3 is 2.93 bits per heavy atom. The van der Waals surface area contributed by atoms with Crippen molar-refractivity contribution in [3.63, 3.8) is 0 Å². The van der Waals surface area contributed by atoms with Gasteiger partial charge in [-0.05, 0) is 19.3 Å². The minimum atomic E-state index is -1.04. The zero-order valence-corrected chi connectivity index (χ0v) is 8.74. The molecule has 1 amide bonds. The highest BCUT2D eigenvalue weighted by molar-refractivity contribution is 5.80. The molecule has 1 fully saturated rings. The van der Waals surface area contributed by atoms with Crippen molar-refractivity contribution < 1.29 is 14.7 Å². The summed E-state index contributed by atoms with van der Waals surface area (Å²) < 4.78 is 0. The van der Waals surface area contributed by atoms with Crippen molar-refractivity contribution in [1.29, 1.82) is 0 Å². The molecule has 0 bridgehead atoms. The number of amides is 1. The molecule has 0 radical (unpaired) electrons. The smallest absolute Gasteiger partial charge is 0.320 e. The molecule has 2 atom stereocenters. The lowest BCUT2D eigenvalue weighted by Gasteiger charge is -2.20. The second-order valence-electron chi connectivity index (χ2n) is 4.02. The van der Waals surface area contributed by atoms with Crippen LogP contribution in [-0.2, 0) is 9.59 Å². The predicted molar refractivity (Wildman–Crippen MR) is 55.2 cm³/mol. The van der Waals surface area contributed by atoms with Crippen LogP contribution in [0.15, 0.2) is 0 Å². The van der Waals surface area contributed by atoms with Gasteiger partial charge in [-0.2, -0.15) is 0 Å². The Morgan fingerprint density at radius 2 is 2.27 bits per heavy atom. The van der Waals surface area contributed by atoms with E-state index >= 15 is 0 Å². The summed E-state index contributed by atoms with van der Waals surface area (Å²) in [5.41, 5.74) is 5.42. The Kier molecular flexibility index (Phi) is 4.55. The van der Waals surface area contributed by atoms with Crippen LogP contribution < -0.4 is 11.1 Å². The molecule has 1 heterocycles. The molecule has 0 spiro atoms. The minimum absolute atomic E-state index is 0.0496. The Balaban J connectivity index is 2.48. The largest absolute Gasteiger partial charge is 0.480 e. The summed E-state index contributed by atoms with van der Waals surface area (Å²) in [5, 5.41) is 11.5. The summed E-state index contributed by atoms with van der Waals surface area (Å²) in [6.45, 7) is 0.692. The molecule has 2 unspecified atom stereocenters. The number of carbonyl (C=O) groups is 2. The van der Waals surface area contributed by atoms with E-state index in [9.17, 15) is 9.59 Å². The van der Waals surface area contributed by atoms with Crippen LogP contribution in [0, 0.1) is 5.92 Å². The van der Waals surface area contributed by atoms with E-state index in [2.05, 4.69) is 5.32 Å². The molecule has 0 saturated carbocycles. The predicted octanol–water partition coefficient (Wildman–Crippen LogP) is 0.0948. The van der Waals surface area contributed by atoms with E-state index in [1.807, 2.05) is 0 Å². The van der Waals surface area contributed by atoms with Crippen LogP contribution in [0.3, 0.4) is 0 Å². The van der Waals surface area contributed by atoms with E-state index in [1.165, 1.54) is 0 Å². The fraction of sp³-hybridized carbons (Fsp3) is 0.800. The third kappa shape index (κ3) is 3.87. The van der Waals surface area contributed by atoms with E-state index in [0.717, 1.165) is 25.7 Å². The normalized spacial score (nSPS) is 24.9. The van der Waals surface area contributed by atoms with Gasteiger partial charge in [-0.1, -0.05) is 12.8 Å². The molecular formula is C10H18N2O3. The van der Waals surface area contributed by atoms with E-state index in [4.69, 9.17) is 10.8 Å². The van der Waals surface area contributed by atoms with Gasteiger partial charge in [0.15, 0.2) is 0 Å². The highest BCUT2D eigenvalue weighted by atomic mass is 16.4. The lowest BCUT2D eigenvalue weighted by molar-refractivity contribution is -0.139. The standard InChI is InChI=1S/C10H18N2O3/c11-8(10(14)15)6-7-4-2-1-3-5-12-9(7)13/h7-8H,1-6,11H2,(H,12,13)(H,14,15). The molecule has 86 valence electrons. The number of aliphatic carboxylic acids is 1. The van der Waals surface area contributed by atoms with Crippen LogP contribution in [0.5, 0.6) is 0 Å². The zero-order chi connectivity index (χ0) is 11.3. The molecule has 1 aliphatic rings. The number of rotatable bonds is 3. The average Bonchev–Trinajstić information content (AvgIpc) is 2.17. The topological polar surface area (TPSA) is 92.4 Å². The number of hydrogen-bond donors (Lipinski definition) is 3. The van der Waals surface area contributed by atoms with Crippen molar-refractivity contribution in [3.8, 4) is 0 Å². The highest BCUT2D eigenvalue weighted by Gasteiger charge is 2.24. The molecule has 1 rings (SSSR count). The molecule has 0 aromatic rings. The van der Waals surface area contributed by atoms with Crippen LogP contribution in [0.4, 0.5) is 0 Å². The molecule has 1 aliphatic heterocycles. The molecule has 0 aliphatic carbocycles. The first-order chi connectivity index (χ1) is 7.11. The Hall–Kier alpha value is -1.10. The van der Waals surface area contributed by atoms with Crippen LogP contribution in [0.1, 0.15) is 32.1 Å². The van der Waals surface area contributed by atoms with Gasteiger partial charge >= 0.3 is 5.97 Å². The lowest BCUT2D eigenvalue weighted by atomic mass is 9.92. The Bertz CT molecular complexity index is 243. The number of carboxylic acid groups (broad SMARTS) is 1. The maximum absolute atomic E-state index is 11.6. The summed E-state index contributed by atoms with van der Waals surface area (Å²) in [5.74, 6) is -1.33. The SMILES string of the molecule is NC(CC1CCCCCNC1=O)C(=O)O. The van der Waals surface area contributed by atoms with Gasteiger partial charge in [-0.15, -0.1) is 0 Å². The van der Waals surface area contributed by atoms with Crippen molar-refractivity contribution >= 4 is 11.9 Å². The monoisotopic (exact) mass is 214 g/mol. The van der Waals surface area contributed by atoms with E-state index < -0.39 is 12.0 Å². The van der Waals surface area contributed by atoms with Crippen LogP contribution in [-0.4, -0.2) is 29.6 Å². The highest BCUT2D eigenvalue weighted by Crippen LogP contribution is 2.17. The van der Waals surface area contributed by atoms with Crippen molar-refractivity contribution in [2.24, 2.45) is 11.7 Å². The molecule has 0 aromatic carbocycles. The van der Waals surface area contributed by atoms with Crippen LogP contribution in [0.2, 0.25) is 0 Å². The molecule has 1 saturated heterocycles. The first kappa shape index (κ1) is 12.0. The van der Waals surface area contributed by atoms with Crippen molar-refractivity contribution in [1.82, 2.24) is 5.32 Å². The number of carbonyl (C=O) groups excluding carboxylic acids is 1. The van der Waals surface area contributed by atoms with Gasteiger partial charge < -0.3 is 16.2 Å². The molecule has 0 aromatic heterocycles.